The van der Waals surface area contributed by atoms with Gasteiger partial charge in [-0.2, -0.15) is 0 Å². The van der Waals surface area contributed by atoms with Crippen molar-refractivity contribution in [2.75, 3.05) is 13.1 Å². The molecule has 4 nitrogen and oxygen atoms in total. The first-order valence-corrected chi connectivity index (χ1v) is 8.28. The van der Waals surface area contributed by atoms with Crippen molar-refractivity contribution in [3.63, 3.8) is 0 Å². The van der Waals surface area contributed by atoms with Gasteiger partial charge in [-0.1, -0.05) is 42.5 Å². The second kappa shape index (κ2) is 7.30. The van der Waals surface area contributed by atoms with Crippen LogP contribution in [0.3, 0.4) is 0 Å². The maximum Gasteiger partial charge on any atom is 0.335 e. The molecule has 2 aromatic rings. The molecule has 124 valence electrons. The molecule has 1 aliphatic rings. The summed E-state index contributed by atoms with van der Waals surface area (Å²) >= 11 is 0. The van der Waals surface area contributed by atoms with Gasteiger partial charge in [0.1, 0.15) is 0 Å². The number of carbonyl (C=O) groups excluding carboxylic acids is 1. The molecule has 0 bridgehead atoms. The molecule has 4 heteroatoms. The van der Waals surface area contributed by atoms with Gasteiger partial charge >= 0.3 is 5.97 Å². The van der Waals surface area contributed by atoms with Crippen LogP contribution < -0.4 is 0 Å². The highest BCUT2D eigenvalue weighted by molar-refractivity contribution is 5.88. The Bertz CT molecular complexity index is 719. The lowest BCUT2D eigenvalue weighted by molar-refractivity contribution is -0.131. The van der Waals surface area contributed by atoms with Gasteiger partial charge in [-0.25, -0.2) is 4.79 Å². The minimum absolute atomic E-state index is 0.0732. The summed E-state index contributed by atoms with van der Waals surface area (Å²) in [6, 6.07) is 17.1. The van der Waals surface area contributed by atoms with Crippen molar-refractivity contribution in [3.05, 3.63) is 71.3 Å². The number of nitrogens with zero attached hydrogens (tertiary/aromatic N) is 1. The molecule has 0 unspecified atom stereocenters. The summed E-state index contributed by atoms with van der Waals surface area (Å²) in [6.07, 6.45) is 2.22. The van der Waals surface area contributed by atoms with E-state index in [2.05, 4.69) is 24.3 Å². The second-order valence-corrected chi connectivity index (χ2v) is 6.25. The summed E-state index contributed by atoms with van der Waals surface area (Å²) in [5.41, 5.74) is 2.33. The van der Waals surface area contributed by atoms with Crippen molar-refractivity contribution in [2.24, 2.45) is 0 Å². The van der Waals surface area contributed by atoms with Crippen LogP contribution in [-0.2, 0) is 11.2 Å². The van der Waals surface area contributed by atoms with Crippen LogP contribution in [0.4, 0.5) is 0 Å². The van der Waals surface area contributed by atoms with Crippen molar-refractivity contribution >= 4 is 11.9 Å². The van der Waals surface area contributed by atoms with Crippen LogP contribution in [-0.4, -0.2) is 35.0 Å². The Morgan fingerprint density at radius 3 is 2.38 bits per heavy atom. The SMILES string of the molecule is O=C(O)c1cccc(CC(=O)N2CCC(c3ccccc3)CC2)c1. The smallest absolute Gasteiger partial charge is 0.335 e. The molecular weight excluding hydrogens is 302 g/mol. The molecule has 2 aromatic carbocycles. The normalized spacial score (nSPS) is 15.2. The van der Waals surface area contributed by atoms with E-state index in [9.17, 15) is 9.59 Å². The number of benzene rings is 2. The molecule has 0 aromatic heterocycles. The molecule has 1 heterocycles. The van der Waals surface area contributed by atoms with Crippen LogP contribution in [0.25, 0.3) is 0 Å². The summed E-state index contributed by atoms with van der Waals surface area (Å²) in [5.74, 6) is -0.373. The molecule has 1 amide bonds. The van der Waals surface area contributed by atoms with E-state index >= 15 is 0 Å². The molecule has 0 aliphatic carbocycles. The maximum atomic E-state index is 12.5. The van der Waals surface area contributed by atoms with Crippen molar-refractivity contribution in [2.45, 2.75) is 25.2 Å². The van der Waals surface area contributed by atoms with E-state index in [4.69, 9.17) is 5.11 Å². The molecule has 0 saturated carbocycles. The number of aromatic carboxylic acids is 1. The van der Waals surface area contributed by atoms with Crippen LogP contribution in [0.1, 0.15) is 40.2 Å². The molecule has 0 atom stereocenters. The highest BCUT2D eigenvalue weighted by Crippen LogP contribution is 2.28. The fourth-order valence-corrected chi connectivity index (χ4v) is 3.29. The molecule has 0 radical (unpaired) electrons. The zero-order valence-electron chi connectivity index (χ0n) is 13.5. The van der Waals surface area contributed by atoms with Crippen molar-refractivity contribution in [3.8, 4) is 0 Å². The van der Waals surface area contributed by atoms with Gasteiger partial charge in [0, 0.05) is 13.1 Å². The Kier molecular flexibility index (Phi) is 4.94. The van der Waals surface area contributed by atoms with Crippen LogP contribution in [0.5, 0.6) is 0 Å². The maximum absolute atomic E-state index is 12.5. The average Bonchev–Trinajstić information content (AvgIpc) is 2.63. The molecular formula is C20H21NO3. The summed E-state index contributed by atoms with van der Waals surface area (Å²) in [7, 11) is 0. The standard InChI is InChI=1S/C20H21NO3/c22-19(14-15-5-4-8-18(13-15)20(23)24)21-11-9-17(10-12-21)16-6-2-1-3-7-16/h1-8,13,17H,9-12,14H2,(H,23,24). The highest BCUT2D eigenvalue weighted by atomic mass is 16.4. The summed E-state index contributed by atoms with van der Waals surface area (Å²) < 4.78 is 0. The summed E-state index contributed by atoms with van der Waals surface area (Å²) in [6.45, 7) is 1.52. The minimum Gasteiger partial charge on any atom is -0.478 e. The van der Waals surface area contributed by atoms with Gasteiger partial charge in [0.25, 0.3) is 0 Å². The molecule has 1 aliphatic heterocycles. The molecule has 3 rings (SSSR count). The summed E-state index contributed by atoms with van der Waals surface area (Å²) in [4.78, 5) is 25.4. The third-order valence-electron chi connectivity index (χ3n) is 4.65. The Labute approximate surface area is 141 Å². The number of carboxylic acid groups (broad SMARTS) is 1. The van der Waals surface area contributed by atoms with Gasteiger partial charge in [0.05, 0.1) is 12.0 Å². The van der Waals surface area contributed by atoms with Gasteiger partial charge < -0.3 is 10.0 Å². The fraction of sp³-hybridized carbons (Fsp3) is 0.300. The van der Waals surface area contributed by atoms with Crippen LogP contribution in [0.2, 0.25) is 0 Å². The average molecular weight is 323 g/mol. The van der Waals surface area contributed by atoms with Gasteiger partial charge in [0.15, 0.2) is 0 Å². The fourth-order valence-electron chi connectivity index (χ4n) is 3.29. The molecule has 1 fully saturated rings. The predicted octanol–water partition coefficient (Wildman–Crippen LogP) is 3.33. The summed E-state index contributed by atoms with van der Waals surface area (Å²) in [5, 5.41) is 9.03. The topological polar surface area (TPSA) is 57.6 Å². The van der Waals surface area contributed by atoms with Gasteiger partial charge in [-0.3, -0.25) is 4.79 Å². The van der Waals surface area contributed by atoms with E-state index in [1.54, 1.807) is 24.3 Å². The monoisotopic (exact) mass is 323 g/mol. The number of rotatable bonds is 4. The van der Waals surface area contributed by atoms with E-state index in [0.717, 1.165) is 31.5 Å². The van der Waals surface area contributed by atoms with Gasteiger partial charge in [0.2, 0.25) is 5.91 Å². The second-order valence-electron chi connectivity index (χ2n) is 6.25. The van der Waals surface area contributed by atoms with Crippen molar-refractivity contribution in [1.82, 2.24) is 4.90 Å². The van der Waals surface area contributed by atoms with Gasteiger partial charge in [-0.15, -0.1) is 0 Å². The number of hydrogen-bond acceptors (Lipinski definition) is 2. The zero-order valence-corrected chi connectivity index (χ0v) is 13.5. The first kappa shape index (κ1) is 16.2. The first-order valence-electron chi connectivity index (χ1n) is 8.28. The lowest BCUT2D eigenvalue weighted by atomic mass is 9.89. The zero-order chi connectivity index (χ0) is 16.9. The van der Waals surface area contributed by atoms with Crippen molar-refractivity contribution in [1.29, 1.82) is 0 Å². The van der Waals surface area contributed by atoms with Crippen LogP contribution in [0, 0.1) is 0 Å². The van der Waals surface area contributed by atoms with E-state index in [1.165, 1.54) is 5.56 Å². The third-order valence-corrected chi connectivity index (χ3v) is 4.65. The molecule has 1 N–H and O–H groups in total. The molecule has 24 heavy (non-hydrogen) atoms. The van der Waals surface area contributed by atoms with E-state index in [1.807, 2.05) is 11.0 Å². The Hall–Kier alpha value is -2.62. The number of carboxylic acids is 1. The number of piperidine rings is 1. The lowest BCUT2D eigenvalue weighted by Crippen LogP contribution is -2.38. The Morgan fingerprint density at radius 2 is 1.71 bits per heavy atom. The minimum atomic E-state index is -0.965. The largest absolute Gasteiger partial charge is 0.478 e. The van der Waals surface area contributed by atoms with E-state index in [0.29, 0.717) is 5.92 Å². The van der Waals surface area contributed by atoms with E-state index in [-0.39, 0.29) is 17.9 Å². The Morgan fingerprint density at radius 1 is 1.00 bits per heavy atom. The van der Waals surface area contributed by atoms with Crippen molar-refractivity contribution < 1.29 is 14.7 Å². The molecule has 0 spiro atoms. The van der Waals surface area contributed by atoms with Gasteiger partial charge in [-0.05, 0) is 42.0 Å². The van der Waals surface area contributed by atoms with Crippen LogP contribution in [0.15, 0.2) is 54.6 Å². The number of hydrogen-bond donors (Lipinski definition) is 1. The number of likely N-dealkylation sites (tertiary alicyclic amines) is 1. The van der Waals surface area contributed by atoms with Crippen LogP contribution >= 0.6 is 0 Å². The predicted molar refractivity (Wildman–Crippen MR) is 92.1 cm³/mol. The van der Waals surface area contributed by atoms with E-state index < -0.39 is 5.97 Å². The first-order chi connectivity index (χ1) is 11.6. The Balaban J connectivity index is 1.57. The number of amides is 1. The highest BCUT2D eigenvalue weighted by Gasteiger charge is 2.23. The third kappa shape index (κ3) is 3.82. The quantitative estimate of drug-likeness (QED) is 0.939. The lowest BCUT2D eigenvalue weighted by Gasteiger charge is -2.32. The molecule has 1 saturated heterocycles. The number of carbonyl (C=O) groups is 2.